The van der Waals surface area contributed by atoms with Crippen LogP contribution < -0.4 is 4.90 Å². The molecular weight excluding hydrogens is 188 g/mol. The molecule has 0 radical (unpaired) electrons. The van der Waals surface area contributed by atoms with Crippen LogP contribution >= 0.6 is 0 Å². The topological polar surface area (TPSA) is 36.4 Å². The molecule has 1 aliphatic rings. The Morgan fingerprint density at radius 2 is 2.40 bits per heavy atom. The molecule has 0 fully saturated rings. The van der Waals surface area contributed by atoms with E-state index < -0.39 is 0 Å². The van der Waals surface area contributed by atoms with Crippen LogP contribution in [-0.4, -0.2) is 23.2 Å². The van der Waals surface area contributed by atoms with Crippen LogP contribution in [0.4, 0.5) is 5.82 Å². The minimum Gasteiger partial charge on any atom is -0.392 e. The molecule has 0 saturated heterocycles. The molecule has 1 aliphatic heterocycles. The second-order valence-corrected chi connectivity index (χ2v) is 3.93. The van der Waals surface area contributed by atoms with Crippen molar-refractivity contribution in [2.45, 2.75) is 20.0 Å². The second-order valence-electron chi connectivity index (χ2n) is 3.93. The van der Waals surface area contributed by atoms with Crippen LogP contribution in [0, 0.1) is 0 Å². The van der Waals surface area contributed by atoms with Gasteiger partial charge in [-0.1, -0.05) is 11.6 Å². The van der Waals surface area contributed by atoms with Gasteiger partial charge in [-0.05, 0) is 31.0 Å². The van der Waals surface area contributed by atoms with Crippen molar-refractivity contribution >= 4 is 5.82 Å². The summed E-state index contributed by atoms with van der Waals surface area (Å²) in [6, 6.07) is 3.79. The third-order valence-electron chi connectivity index (χ3n) is 2.75. The van der Waals surface area contributed by atoms with Crippen molar-refractivity contribution in [2.75, 3.05) is 18.0 Å². The molecule has 2 heterocycles. The lowest BCUT2D eigenvalue weighted by Gasteiger charge is -2.26. The molecule has 1 aromatic rings. The van der Waals surface area contributed by atoms with Gasteiger partial charge in [0.2, 0.25) is 0 Å². The molecule has 0 spiro atoms. The molecule has 0 amide bonds. The first-order valence-electron chi connectivity index (χ1n) is 5.26. The Hall–Kier alpha value is -1.35. The Morgan fingerprint density at radius 1 is 1.53 bits per heavy atom. The van der Waals surface area contributed by atoms with Gasteiger partial charge in [0, 0.05) is 19.3 Å². The number of aliphatic hydroxyl groups is 1. The van der Waals surface area contributed by atoms with Crippen LogP contribution in [0.5, 0.6) is 0 Å². The fraction of sp³-hybridized carbons (Fsp3) is 0.417. The third-order valence-corrected chi connectivity index (χ3v) is 2.75. The van der Waals surface area contributed by atoms with Gasteiger partial charge in [-0.2, -0.15) is 0 Å². The van der Waals surface area contributed by atoms with Crippen molar-refractivity contribution in [3.8, 4) is 0 Å². The third kappa shape index (κ3) is 2.36. The van der Waals surface area contributed by atoms with Gasteiger partial charge < -0.3 is 10.0 Å². The SMILES string of the molecule is CC1=CCN(c2cc(CO)ccn2)CC1. The van der Waals surface area contributed by atoms with Gasteiger partial charge in [-0.3, -0.25) is 0 Å². The Morgan fingerprint density at radius 3 is 3.07 bits per heavy atom. The van der Waals surface area contributed by atoms with Gasteiger partial charge in [0.05, 0.1) is 6.61 Å². The molecule has 0 aliphatic carbocycles. The van der Waals surface area contributed by atoms with E-state index in [2.05, 4.69) is 22.9 Å². The zero-order valence-electron chi connectivity index (χ0n) is 8.98. The molecule has 1 aromatic heterocycles. The Labute approximate surface area is 90.1 Å². The molecular formula is C12H16N2O. The van der Waals surface area contributed by atoms with Crippen LogP contribution in [0.15, 0.2) is 30.0 Å². The lowest BCUT2D eigenvalue weighted by atomic mass is 10.1. The quantitative estimate of drug-likeness (QED) is 0.745. The second kappa shape index (κ2) is 4.45. The number of rotatable bonds is 2. The van der Waals surface area contributed by atoms with Gasteiger partial charge in [-0.15, -0.1) is 0 Å². The Kier molecular flexibility index (Phi) is 3.02. The minimum atomic E-state index is 0.0816. The molecule has 3 nitrogen and oxygen atoms in total. The predicted molar refractivity (Wildman–Crippen MR) is 60.7 cm³/mol. The van der Waals surface area contributed by atoms with Gasteiger partial charge in [0.25, 0.3) is 0 Å². The van der Waals surface area contributed by atoms with Crippen LogP contribution in [0.25, 0.3) is 0 Å². The van der Waals surface area contributed by atoms with Crippen molar-refractivity contribution in [3.63, 3.8) is 0 Å². The van der Waals surface area contributed by atoms with E-state index in [9.17, 15) is 0 Å². The van der Waals surface area contributed by atoms with E-state index >= 15 is 0 Å². The lowest BCUT2D eigenvalue weighted by Crippen LogP contribution is -2.28. The van der Waals surface area contributed by atoms with E-state index in [1.807, 2.05) is 12.1 Å². The zero-order chi connectivity index (χ0) is 10.7. The van der Waals surface area contributed by atoms with Crippen molar-refractivity contribution in [1.29, 1.82) is 0 Å². The van der Waals surface area contributed by atoms with Crippen molar-refractivity contribution in [1.82, 2.24) is 4.98 Å². The Balaban J connectivity index is 2.16. The summed E-state index contributed by atoms with van der Waals surface area (Å²) in [4.78, 5) is 6.55. The zero-order valence-corrected chi connectivity index (χ0v) is 8.98. The first-order valence-corrected chi connectivity index (χ1v) is 5.26. The van der Waals surface area contributed by atoms with Crippen molar-refractivity contribution in [3.05, 3.63) is 35.5 Å². The Bertz CT molecular complexity index is 374. The molecule has 0 aromatic carbocycles. The van der Waals surface area contributed by atoms with E-state index in [4.69, 9.17) is 5.11 Å². The molecule has 0 unspecified atom stereocenters. The first kappa shape index (κ1) is 10.2. The number of nitrogens with zero attached hydrogens (tertiary/aromatic N) is 2. The number of aromatic nitrogens is 1. The summed E-state index contributed by atoms with van der Waals surface area (Å²) in [7, 11) is 0. The number of pyridine rings is 1. The first-order chi connectivity index (χ1) is 7.29. The summed E-state index contributed by atoms with van der Waals surface area (Å²) < 4.78 is 0. The molecule has 1 N–H and O–H groups in total. The smallest absolute Gasteiger partial charge is 0.129 e. The largest absolute Gasteiger partial charge is 0.392 e. The standard InChI is InChI=1S/C12H16N2O/c1-10-3-6-14(7-4-10)12-8-11(9-15)2-5-13-12/h2-3,5,8,15H,4,6-7,9H2,1H3. The predicted octanol–water partition coefficient (Wildman–Crippen LogP) is 1.73. The summed E-state index contributed by atoms with van der Waals surface area (Å²) in [5.74, 6) is 0.963. The fourth-order valence-corrected chi connectivity index (χ4v) is 1.71. The highest BCUT2D eigenvalue weighted by Crippen LogP contribution is 2.18. The number of hydrogen-bond acceptors (Lipinski definition) is 3. The monoisotopic (exact) mass is 204 g/mol. The molecule has 80 valence electrons. The maximum Gasteiger partial charge on any atom is 0.129 e. The normalized spacial score (nSPS) is 16.4. The van der Waals surface area contributed by atoms with Crippen LogP contribution in [0.3, 0.4) is 0 Å². The summed E-state index contributed by atoms with van der Waals surface area (Å²) in [5.41, 5.74) is 2.37. The summed E-state index contributed by atoms with van der Waals surface area (Å²) in [6.07, 6.45) is 5.09. The van der Waals surface area contributed by atoms with Gasteiger partial charge >= 0.3 is 0 Å². The van der Waals surface area contributed by atoms with Crippen molar-refractivity contribution in [2.24, 2.45) is 0 Å². The molecule has 2 rings (SSSR count). The summed E-state index contributed by atoms with van der Waals surface area (Å²) in [5, 5.41) is 9.04. The number of anilines is 1. The summed E-state index contributed by atoms with van der Waals surface area (Å²) >= 11 is 0. The minimum absolute atomic E-state index is 0.0816. The average Bonchev–Trinajstić information content (AvgIpc) is 2.30. The van der Waals surface area contributed by atoms with E-state index in [-0.39, 0.29) is 6.61 Å². The van der Waals surface area contributed by atoms with E-state index in [1.54, 1.807) is 6.20 Å². The fourth-order valence-electron chi connectivity index (χ4n) is 1.71. The molecule has 3 heteroatoms. The maximum absolute atomic E-state index is 9.04. The number of hydrogen-bond donors (Lipinski definition) is 1. The highest BCUT2D eigenvalue weighted by atomic mass is 16.3. The van der Waals surface area contributed by atoms with Crippen LogP contribution in [0.1, 0.15) is 18.9 Å². The van der Waals surface area contributed by atoms with E-state index in [0.717, 1.165) is 30.9 Å². The maximum atomic E-state index is 9.04. The van der Waals surface area contributed by atoms with Crippen molar-refractivity contribution < 1.29 is 5.11 Å². The molecule has 0 atom stereocenters. The van der Waals surface area contributed by atoms with E-state index in [0.29, 0.717) is 0 Å². The van der Waals surface area contributed by atoms with Gasteiger partial charge in [0.15, 0.2) is 0 Å². The number of aliphatic hydroxyl groups excluding tert-OH is 1. The van der Waals surface area contributed by atoms with Crippen LogP contribution in [0.2, 0.25) is 0 Å². The highest BCUT2D eigenvalue weighted by Gasteiger charge is 2.11. The molecule has 15 heavy (non-hydrogen) atoms. The molecule has 0 saturated carbocycles. The lowest BCUT2D eigenvalue weighted by molar-refractivity contribution is 0.281. The molecule has 0 bridgehead atoms. The van der Waals surface area contributed by atoms with Gasteiger partial charge in [0.1, 0.15) is 5.82 Å². The summed E-state index contributed by atoms with van der Waals surface area (Å²) in [6.45, 7) is 4.19. The van der Waals surface area contributed by atoms with Crippen LogP contribution in [-0.2, 0) is 6.61 Å². The van der Waals surface area contributed by atoms with E-state index in [1.165, 1.54) is 5.57 Å². The average molecular weight is 204 g/mol. The highest BCUT2D eigenvalue weighted by molar-refractivity contribution is 5.43. The van der Waals surface area contributed by atoms with Gasteiger partial charge in [-0.25, -0.2) is 4.98 Å².